The van der Waals surface area contributed by atoms with Crippen LogP contribution >= 0.6 is 12.2 Å². The van der Waals surface area contributed by atoms with Crippen molar-refractivity contribution in [3.63, 3.8) is 0 Å². The van der Waals surface area contributed by atoms with Gasteiger partial charge in [0.1, 0.15) is 0 Å². The lowest BCUT2D eigenvalue weighted by Gasteiger charge is -2.21. The number of rotatable bonds is 3. The van der Waals surface area contributed by atoms with Crippen LogP contribution < -0.4 is 4.90 Å². The van der Waals surface area contributed by atoms with Gasteiger partial charge in [-0.2, -0.15) is 0 Å². The number of H-pyrrole nitrogens is 1. The first kappa shape index (κ1) is 12.6. The molecule has 1 unspecified atom stereocenters. The molecule has 1 aliphatic rings. The van der Waals surface area contributed by atoms with Crippen molar-refractivity contribution >= 4 is 18.2 Å². The van der Waals surface area contributed by atoms with E-state index in [1.807, 2.05) is 0 Å². The van der Waals surface area contributed by atoms with E-state index >= 15 is 0 Å². The third kappa shape index (κ3) is 2.70. The van der Waals surface area contributed by atoms with Crippen molar-refractivity contribution in [2.75, 3.05) is 18.0 Å². The third-order valence-electron chi connectivity index (χ3n) is 3.76. The van der Waals surface area contributed by atoms with Crippen molar-refractivity contribution in [3.05, 3.63) is 4.77 Å². The van der Waals surface area contributed by atoms with Gasteiger partial charge in [-0.25, -0.2) is 5.10 Å². The summed E-state index contributed by atoms with van der Waals surface area (Å²) >= 11 is 5.24. The number of hydrogen-bond donors (Lipinski definition) is 1. The van der Waals surface area contributed by atoms with E-state index in [2.05, 4.69) is 33.5 Å². The minimum absolute atomic E-state index is 0.735. The predicted molar refractivity (Wildman–Crippen MR) is 72.9 cm³/mol. The van der Waals surface area contributed by atoms with Gasteiger partial charge in [-0.05, 0) is 44.3 Å². The molecule has 96 valence electrons. The third-order valence-corrected chi connectivity index (χ3v) is 4.07. The van der Waals surface area contributed by atoms with Crippen molar-refractivity contribution in [3.8, 4) is 0 Å². The van der Waals surface area contributed by atoms with Crippen molar-refractivity contribution in [1.82, 2.24) is 14.8 Å². The van der Waals surface area contributed by atoms with E-state index in [0.29, 0.717) is 0 Å². The highest BCUT2D eigenvalue weighted by Crippen LogP contribution is 2.23. The number of anilines is 1. The molecule has 1 saturated heterocycles. The molecule has 1 atom stereocenters. The van der Waals surface area contributed by atoms with E-state index in [1.54, 1.807) is 0 Å². The van der Waals surface area contributed by atoms with Crippen LogP contribution in [0.25, 0.3) is 0 Å². The van der Waals surface area contributed by atoms with Crippen LogP contribution in [0, 0.1) is 10.7 Å². The Bertz CT molecular complexity index is 409. The minimum Gasteiger partial charge on any atom is -0.341 e. The molecule has 1 fully saturated rings. The van der Waals surface area contributed by atoms with Gasteiger partial charge in [0.2, 0.25) is 5.95 Å². The van der Waals surface area contributed by atoms with Crippen LogP contribution in [0.1, 0.15) is 39.5 Å². The number of aromatic nitrogens is 3. The lowest BCUT2D eigenvalue weighted by molar-refractivity contribution is 0.459. The van der Waals surface area contributed by atoms with Gasteiger partial charge in [-0.15, -0.1) is 5.10 Å². The summed E-state index contributed by atoms with van der Waals surface area (Å²) in [5.74, 6) is 1.91. The van der Waals surface area contributed by atoms with Gasteiger partial charge < -0.3 is 4.90 Å². The summed E-state index contributed by atoms with van der Waals surface area (Å²) in [6.45, 7) is 7.51. The molecule has 1 aromatic rings. The van der Waals surface area contributed by atoms with Crippen LogP contribution in [0.15, 0.2) is 0 Å². The first-order valence-corrected chi connectivity index (χ1v) is 7.07. The average molecular weight is 254 g/mol. The largest absolute Gasteiger partial charge is 0.341 e. The summed E-state index contributed by atoms with van der Waals surface area (Å²) in [5, 5.41) is 7.28. The fraction of sp³-hybridized carbons (Fsp3) is 0.833. The summed E-state index contributed by atoms with van der Waals surface area (Å²) in [5.41, 5.74) is 0. The van der Waals surface area contributed by atoms with Crippen molar-refractivity contribution in [2.45, 2.75) is 46.1 Å². The van der Waals surface area contributed by atoms with Crippen LogP contribution in [0.3, 0.4) is 0 Å². The Kier molecular flexibility index (Phi) is 4.20. The molecule has 1 aromatic heterocycles. The van der Waals surface area contributed by atoms with E-state index < -0.39 is 0 Å². The Morgan fingerprint density at radius 2 is 2.18 bits per heavy atom. The second kappa shape index (κ2) is 5.67. The van der Waals surface area contributed by atoms with Crippen LogP contribution in [-0.4, -0.2) is 27.9 Å². The molecule has 2 rings (SSSR count). The quantitative estimate of drug-likeness (QED) is 0.843. The topological polar surface area (TPSA) is 36.9 Å². The molecule has 0 aromatic carbocycles. The van der Waals surface area contributed by atoms with Gasteiger partial charge in [0.05, 0.1) is 0 Å². The van der Waals surface area contributed by atoms with Crippen LogP contribution in [0.4, 0.5) is 5.95 Å². The maximum atomic E-state index is 5.24. The summed E-state index contributed by atoms with van der Waals surface area (Å²) in [4.78, 5) is 2.38. The highest BCUT2D eigenvalue weighted by Gasteiger charge is 2.19. The SMILES string of the molecule is CCC1CCCN(c2n[nH]c(=S)n2CC)CC1. The molecule has 0 aliphatic carbocycles. The number of nitrogens with zero attached hydrogens (tertiary/aromatic N) is 3. The standard InChI is InChI=1S/C12H22N4S/c1-3-10-6-5-8-15(9-7-10)11-13-14-12(17)16(11)4-2/h10H,3-9H2,1-2H3,(H,14,17). The Hall–Kier alpha value is -0.840. The lowest BCUT2D eigenvalue weighted by Crippen LogP contribution is -2.27. The highest BCUT2D eigenvalue weighted by atomic mass is 32.1. The molecule has 0 bridgehead atoms. The molecular formula is C12H22N4S. The Morgan fingerprint density at radius 3 is 2.88 bits per heavy atom. The second-order valence-corrected chi connectivity index (χ2v) is 5.15. The van der Waals surface area contributed by atoms with Gasteiger partial charge >= 0.3 is 0 Å². The summed E-state index contributed by atoms with van der Waals surface area (Å²) < 4.78 is 2.82. The monoisotopic (exact) mass is 254 g/mol. The van der Waals surface area contributed by atoms with Crippen molar-refractivity contribution in [1.29, 1.82) is 0 Å². The minimum atomic E-state index is 0.735. The zero-order valence-corrected chi connectivity index (χ0v) is 11.6. The number of nitrogens with one attached hydrogen (secondary N) is 1. The van der Waals surface area contributed by atoms with Crippen molar-refractivity contribution in [2.24, 2.45) is 5.92 Å². The molecule has 1 aliphatic heterocycles. The van der Waals surface area contributed by atoms with Gasteiger partial charge in [0.15, 0.2) is 4.77 Å². The molecule has 17 heavy (non-hydrogen) atoms. The summed E-state index contributed by atoms with van der Waals surface area (Å²) in [6, 6.07) is 0. The second-order valence-electron chi connectivity index (χ2n) is 4.77. The van der Waals surface area contributed by atoms with Gasteiger partial charge in [0.25, 0.3) is 0 Å². The maximum absolute atomic E-state index is 5.24. The van der Waals surface area contributed by atoms with E-state index in [1.165, 1.54) is 25.7 Å². The molecule has 1 N–H and O–H groups in total. The van der Waals surface area contributed by atoms with E-state index in [4.69, 9.17) is 12.2 Å². The zero-order chi connectivity index (χ0) is 12.3. The zero-order valence-electron chi connectivity index (χ0n) is 10.8. The fourth-order valence-electron chi connectivity index (χ4n) is 2.61. The molecule has 0 spiro atoms. The Labute approximate surface area is 108 Å². The van der Waals surface area contributed by atoms with E-state index in [9.17, 15) is 0 Å². The predicted octanol–water partition coefficient (Wildman–Crippen LogP) is 2.98. The normalized spacial score (nSPS) is 21.5. The van der Waals surface area contributed by atoms with Gasteiger partial charge in [0, 0.05) is 19.6 Å². The molecule has 0 saturated carbocycles. The maximum Gasteiger partial charge on any atom is 0.225 e. The Balaban J connectivity index is 2.14. The molecular weight excluding hydrogens is 232 g/mol. The van der Waals surface area contributed by atoms with Crippen molar-refractivity contribution < 1.29 is 0 Å². The molecule has 0 radical (unpaired) electrons. The van der Waals surface area contributed by atoms with Crippen LogP contribution in [0.5, 0.6) is 0 Å². The number of aromatic amines is 1. The van der Waals surface area contributed by atoms with Gasteiger partial charge in [-0.3, -0.25) is 4.57 Å². The average Bonchev–Trinajstić information content (AvgIpc) is 2.58. The van der Waals surface area contributed by atoms with E-state index in [-0.39, 0.29) is 0 Å². The first-order valence-electron chi connectivity index (χ1n) is 6.66. The molecule has 5 heteroatoms. The Morgan fingerprint density at radius 1 is 1.35 bits per heavy atom. The summed E-state index contributed by atoms with van der Waals surface area (Å²) in [7, 11) is 0. The van der Waals surface area contributed by atoms with Gasteiger partial charge in [-0.1, -0.05) is 13.3 Å². The van der Waals surface area contributed by atoms with E-state index in [0.717, 1.165) is 36.3 Å². The smallest absolute Gasteiger partial charge is 0.225 e. The lowest BCUT2D eigenvalue weighted by atomic mass is 9.98. The van der Waals surface area contributed by atoms with Crippen LogP contribution in [0.2, 0.25) is 0 Å². The molecule has 0 amide bonds. The first-order chi connectivity index (χ1) is 8.26. The van der Waals surface area contributed by atoms with Crippen LogP contribution in [-0.2, 0) is 6.54 Å². The molecule has 2 heterocycles. The molecule has 4 nitrogen and oxygen atoms in total. The highest BCUT2D eigenvalue weighted by molar-refractivity contribution is 7.71. The number of hydrogen-bond acceptors (Lipinski definition) is 3. The fourth-order valence-corrected chi connectivity index (χ4v) is 2.87. The summed E-state index contributed by atoms with van der Waals surface area (Å²) in [6.07, 6.45) is 5.19.